The molecule has 0 bridgehead atoms. The van der Waals surface area contributed by atoms with Gasteiger partial charge in [-0.2, -0.15) is 4.98 Å². The summed E-state index contributed by atoms with van der Waals surface area (Å²) in [5, 5.41) is 19.0. The Morgan fingerprint density at radius 3 is 2.57 bits per heavy atom. The van der Waals surface area contributed by atoms with Gasteiger partial charge in [-0.1, -0.05) is 31.8 Å². The normalized spacial score (nSPS) is 18.7. The maximum absolute atomic E-state index is 12.1. The van der Waals surface area contributed by atoms with Crippen LogP contribution in [0.2, 0.25) is 0 Å². The third kappa shape index (κ3) is 3.72. The van der Waals surface area contributed by atoms with Crippen LogP contribution in [0.1, 0.15) is 70.1 Å². The van der Waals surface area contributed by atoms with Gasteiger partial charge in [0, 0.05) is 5.92 Å². The third-order valence-corrected chi connectivity index (χ3v) is 3.93. The van der Waals surface area contributed by atoms with Crippen molar-refractivity contribution in [1.82, 2.24) is 20.8 Å². The number of nitrogens with zero attached hydrogens (tertiary/aromatic N) is 2. The van der Waals surface area contributed by atoms with Gasteiger partial charge >= 0.3 is 6.03 Å². The second-order valence-electron chi connectivity index (χ2n) is 6.11. The molecular formula is C14H24N4O3. The number of aliphatic hydroxyl groups excluding tert-OH is 1. The highest BCUT2D eigenvalue weighted by atomic mass is 16.5. The van der Waals surface area contributed by atoms with Crippen molar-refractivity contribution in [3.8, 4) is 0 Å². The van der Waals surface area contributed by atoms with Crippen LogP contribution in [0.3, 0.4) is 0 Å². The fourth-order valence-corrected chi connectivity index (χ4v) is 2.57. The van der Waals surface area contributed by atoms with Gasteiger partial charge in [0.1, 0.15) is 6.04 Å². The van der Waals surface area contributed by atoms with E-state index in [9.17, 15) is 9.90 Å². The highest BCUT2D eigenvalue weighted by molar-refractivity contribution is 5.75. The number of hydrogen-bond donors (Lipinski definition) is 3. The Morgan fingerprint density at radius 2 is 2.05 bits per heavy atom. The summed E-state index contributed by atoms with van der Waals surface area (Å²) >= 11 is 0. The Balaban J connectivity index is 1.92. The zero-order valence-corrected chi connectivity index (χ0v) is 12.8. The lowest BCUT2D eigenvalue weighted by atomic mass is 9.99. The molecule has 0 aliphatic heterocycles. The fourth-order valence-electron chi connectivity index (χ4n) is 2.57. The van der Waals surface area contributed by atoms with E-state index in [2.05, 4.69) is 20.8 Å². The van der Waals surface area contributed by atoms with Gasteiger partial charge in [-0.25, -0.2) is 4.79 Å². The average Bonchev–Trinajstić information content (AvgIpc) is 3.07. The topological polar surface area (TPSA) is 100 Å². The molecule has 7 nitrogen and oxygen atoms in total. The molecule has 0 aromatic carbocycles. The number of urea groups is 1. The van der Waals surface area contributed by atoms with Crippen molar-refractivity contribution < 1.29 is 14.4 Å². The molecule has 1 aromatic rings. The van der Waals surface area contributed by atoms with Gasteiger partial charge in [0.2, 0.25) is 5.89 Å². The second kappa shape index (κ2) is 6.43. The van der Waals surface area contributed by atoms with Gasteiger partial charge in [-0.15, -0.1) is 0 Å². The molecule has 7 heteroatoms. The molecule has 118 valence electrons. The summed E-state index contributed by atoms with van der Waals surface area (Å²) in [4.78, 5) is 16.3. The smallest absolute Gasteiger partial charge is 0.315 e. The van der Waals surface area contributed by atoms with E-state index in [0.29, 0.717) is 11.7 Å². The van der Waals surface area contributed by atoms with Crippen LogP contribution in [0, 0.1) is 0 Å². The minimum absolute atomic E-state index is 0.0349. The number of aromatic nitrogens is 2. The van der Waals surface area contributed by atoms with Crippen molar-refractivity contribution >= 4 is 6.03 Å². The lowest BCUT2D eigenvalue weighted by Crippen LogP contribution is -2.53. The highest BCUT2D eigenvalue weighted by Gasteiger charge is 2.35. The zero-order valence-electron chi connectivity index (χ0n) is 12.8. The molecular weight excluding hydrogens is 272 g/mol. The van der Waals surface area contributed by atoms with Gasteiger partial charge in [-0.05, 0) is 19.8 Å². The van der Waals surface area contributed by atoms with Crippen molar-refractivity contribution in [3.63, 3.8) is 0 Å². The molecule has 0 radical (unpaired) electrons. The van der Waals surface area contributed by atoms with Gasteiger partial charge in [0.05, 0.1) is 12.1 Å². The van der Waals surface area contributed by atoms with Gasteiger partial charge in [-0.3, -0.25) is 0 Å². The first-order valence-electron chi connectivity index (χ1n) is 7.49. The van der Waals surface area contributed by atoms with Crippen molar-refractivity contribution in [2.75, 3.05) is 6.61 Å². The predicted molar refractivity (Wildman–Crippen MR) is 76.8 cm³/mol. The molecule has 1 aliphatic carbocycles. The molecule has 1 atom stereocenters. The first-order valence-corrected chi connectivity index (χ1v) is 7.49. The van der Waals surface area contributed by atoms with E-state index in [-0.39, 0.29) is 24.6 Å². The Hall–Kier alpha value is -1.63. The largest absolute Gasteiger partial charge is 0.394 e. The van der Waals surface area contributed by atoms with Gasteiger partial charge in [0.25, 0.3) is 0 Å². The molecule has 3 N–H and O–H groups in total. The van der Waals surface area contributed by atoms with E-state index in [1.165, 1.54) is 0 Å². The maximum Gasteiger partial charge on any atom is 0.315 e. The molecule has 1 heterocycles. The van der Waals surface area contributed by atoms with E-state index in [4.69, 9.17) is 4.52 Å². The Morgan fingerprint density at radius 1 is 1.38 bits per heavy atom. The monoisotopic (exact) mass is 296 g/mol. The molecule has 2 rings (SSSR count). The average molecular weight is 296 g/mol. The zero-order chi connectivity index (χ0) is 15.5. The first kappa shape index (κ1) is 15.8. The minimum atomic E-state index is -0.484. The lowest BCUT2D eigenvalue weighted by molar-refractivity contribution is 0.161. The summed E-state index contributed by atoms with van der Waals surface area (Å²) in [7, 11) is 0. The van der Waals surface area contributed by atoms with Crippen LogP contribution in [0.15, 0.2) is 4.52 Å². The SMILES string of the molecule is CC(C)c1noc(C(C)NC(=O)NC2(CO)CCCC2)n1. The summed E-state index contributed by atoms with van der Waals surface area (Å²) in [6.45, 7) is 5.71. The van der Waals surface area contributed by atoms with Crippen LogP contribution in [-0.2, 0) is 0 Å². The molecule has 1 fully saturated rings. The molecule has 21 heavy (non-hydrogen) atoms. The molecule has 1 saturated carbocycles. The van der Waals surface area contributed by atoms with Crippen LogP contribution >= 0.6 is 0 Å². The number of rotatable bonds is 5. The van der Waals surface area contributed by atoms with Gasteiger partial charge in [0.15, 0.2) is 5.82 Å². The Bertz CT molecular complexity index is 480. The number of carbonyl (C=O) groups is 1. The van der Waals surface area contributed by atoms with E-state index >= 15 is 0 Å². The number of nitrogens with one attached hydrogen (secondary N) is 2. The van der Waals surface area contributed by atoms with Crippen molar-refractivity contribution in [2.24, 2.45) is 0 Å². The van der Waals surface area contributed by atoms with E-state index in [1.807, 2.05) is 13.8 Å². The summed E-state index contributed by atoms with van der Waals surface area (Å²) in [5.74, 6) is 1.19. The number of amides is 2. The summed E-state index contributed by atoms with van der Waals surface area (Å²) in [6, 6.07) is -0.690. The van der Waals surface area contributed by atoms with Crippen LogP contribution in [-0.4, -0.2) is 33.4 Å². The quantitative estimate of drug-likeness (QED) is 0.770. The molecule has 0 spiro atoms. The Labute approximate surface area is 124 Å². The molecule has 0 saturated heterocycles. The first-order chi connectivity index (χ1) is 9.96. The lowest BCUT2D eigenvalue weighted by Gasteiger charge is -2.28. The number of hydrogen-bond acceptors (Lipinski definition) is 5. The fraction of sp³-hybridized carbons (Fsp3) is 0.786. The predicted octanol–water partition coefficient (Wildman–Crippen LogP) is 1.86. The maximum atomic E-state index is 12.1. The summed E-state index contributed by atoms with van der Waals surface area (Å²) in [6.07, 6.45) is 3.67. The van der Waals surface area contributed by atoms with Crippen LogP contribution in [0.4, 0.5) is 4.79 Å². The number of aliphatic hydroxyl groups is 1. The van der Waals surface area contributed by atoms with Crippen LogP contribution in [0.5, 0.6) is 0 Å². The van der Waals surface area contributed by atoms with Gasteiger partial charge < -0.3 is 20.3 Å². The highest BCUT2D eigenvalue weighted by Crippen LogP contribution is 2.29. The van der Waals surface area contributed by atoms with Crippen molar-refractivity contribution in [3.05, 3.63) is 11.7 Å². The Kier molecular flexibility index (Phi) is 4.82. The third-order valence-electron chi connectivity index (χ3n) is 3.93. The van der Waals surface area contributed by atoms with Crippen LogP contribution in [0.25, 0.3) is 0 Å². The molecule has 2 amide bonds. The summed E-state index contributed by atoms with van der Waals surface area (Å²) < 4.78 is 5.16. The summed E-state index contributed by atoms with van der Waals surface area (Å²) in [5.41, 5.74) is -0.484. The van der Waals surface area contributed by atoms with Crippen molar-refractivity contribution in [1.29, 1.82) is 0 Å². The van der Waals surface area contributed by atoms with E-state index < -0.39 is 5.54 Å². The van der Waals surface area contributed by atoms with E-state index in [0.717, 1.165) is 25.7 Å². The van der Waals surface area contributed by atoms with Crippen molar-refractivity contribution in [2.45, 2.75) is 64.0 Å². The second-order valence-corrected chi connectivity index (χ2v) is 6.11. The van der Waals surface area contributed by atoms with Crippen LogP contribution < -0.4 is 10.6 Å². The van der Waals surface area contributed by atoms with E-state index in [1.54, 1.807) is 6.92 Å². The molecule has 1 aliphatic rings. The molecule has 1 unspecified atom stereocenters. The minimum Gasteiger partial charge on any atom is -0.394 e. The number of carbonyl (C=O) groups excluding carboxylic acids is 1. The standard InChI is InChI=1S/C14H24N4O3/c1-9(2)11-16-12(21-18-11)10(3)15-13(20)17-14(8-19)6-4-5-7-14/h9-10,19H,4-8H2,1-3H3,(H2,15,17,20). The molecule has 1 aromatic heterocycles.